The second-order valence-corrected chi connectivity index (χ2v) is 4.94. The Hall–Kier alpha value is -0.120. The molecule has 0 amide bonds. The van der Waals surface area contributed by atoms with Gasteiger partial charge in [-0.1, -0.05) is 64.7 Å². The zero-order valence-corrected chi connectivity index (χ0v) is 11.5. The molecule has 3 nitrogen and oxygen atoms in total. The quantitative estimate of drug-likeness (QED) is 0.524. The number of hydroxylamine groups is 2. The first kappa shape index (κ1) is 16.9. The molecule has 1 rings (SSSR count). The molecule has 0 spiro atoms. The summed E-state index contributed by atoms with van der Waals surface area (Å²) in [5.74, 6) is 0. The lowest BCUT2D eigenvalue weighted by atomic mass is 10.1. The van der Waals surface area contributed by atoms with E-state index in [1.807, 2.05) is 0 Å². The maximum absolute atomic E-state index is 5.25. The largest absolute Gasteiger partial charge is 0.412 e. The van der Waals surface area contributed by atoms with Gasteiger partial charge in [-0.15, -0.1) is 0 Å². The maximum atomic E-state index is 5.25. The normalized spacial score (nSPS) is 15.4. The van der Waals surface area contributed by atoms with Crippen molar-refractivity contribution in [2.45, 2.75) is 71.1 Å². The standard InChI is InChI=1S/C14H29NO.H2O/c1-2-3-4-5-6-7-8-9-10-11-12-15-13-14-16-15;/h2-14H2,1H3;1H2. The third-order valence-electron chi connectivity index (χ3n) is 3.38. The van der Waals surface area contributed by atoms with Crippen LogP contribution in [-0.4, -0.2) is 30.2 Å². The van der Waals surface area contributed by atoms with E-state index in [9.17, 15) is 0 Å². The van der Waals surface area contributed by atoms with Crippen LogP contribution >= 0.6 is 0 Å². The zero-order chi connectivity index (χ0) is 11.5. The van der Waals surface area contributed by atoms with Gasteiger partial charge in [-0.3, -0.25) is 4.84 Å². The van der Waals surface area contributed by atoms with Crippen LogP contribution in [0.3, 0.4) is 0 Å². The fourth-order valence-corrected chi connectivity index (χ4v) is 2.17. The molecule has 1 aliphatic rings. The van der Waals surface area contributed by atoms with Crippen LogP contribution < -0.4 is 0 Å². The predicted molar refractivity (Wildman–Crippen MR) is 73.0 cm³/mol. The number of hydrogen-bond acceptors (Lipinski definition) is 2. The summed E-state index contributed by atoms with van der Waals surface area (Å²) in [6.45, 7) is 5.52. The van der Waals surface area contributed by atoms with Crippen LogP contribution in [0.2, 0.25) is 0 Å². The molecule has 0 saturated carbocycles. The van der Waals surface area contributed by atoms with Gasteiger partial charge in [-0.25, -0.2) is 0 Å². The van der Waals surface area contributed by atoms with E-state index in [4.69, 9.17) is 4.84 Å². The van der Waals surface area contributed by atoms with Crippen molar-refractivity contribution in [2.24, 2.45) is 0 Å². The predicted octanol–water partition coefficient (Wildman–Crippen LogP) is 3.33. The molecule has 0 bridgehead atoms. The zero-order valence-electron chi connectivity index (χ0n) is 11.5. The third kappa shape index (κ3) is 9.57. The van der Waals surface area contributed by atoms with Crippen LogP contribution in [-0.2, 0) is 4.84 Å². The van der Waals surface area contributed by atoms with Crippen LogP contribution in [0.5, 0.6) is 0 Å². The minimum absolute atomic E-state index is 0. The second kappa shape index (κ2) is 12.3. The van der Waals surface area contributed by atoms with E-state index in [1.165, 1.54) is 64.2 Å². The smallest absolute Gasteiger partial charge is 0.0835 e. The van der Waals surface area contributed by atoms with E-state index in [2.05, 4.69) is 12.0 Å². The lowest BCUT2D eigenvalue weighted by Gasteiger charge is -2.29. The van der Waals surface area contributed by atoms with Gasteiger partial charge in [0.05, 0.1) is 6.61 Å². The van der Waals surface area contributed by atoms with Crippen LogP contribution in [0.15, 0.2) is 0 Å². The fourth-order valence-electron chi connectivity index (χ4n) is 2.17. The van der Waals surface area contributed by atoms with E-state index in [-0.39, 0.29) is 5.48 Å². The van der Waals surface area contributed by atoms with Crippen molar-refractivity contribution in [3.05, 3.63) is 0 Å². The van der Waals surface area contributed by atoms with E-state index < -0.39 is 0 Å². The van der Waals surface area contributed by atoms with Crippen molar-refractivity contribution >= 4 is 0 Å². The van der Waals surface area contributed by atoms with Gasteiger partial charge >= 0.3 is 0 Å². The summed E-state index contributed by atoms with van der Waals surface area (Å²) < 4.78 is 0. The van der Waals surface area contributed by atoms with E-state index >= 15 is 0 Å². The molecule has 0 radical (unpaired) electrons. The molecule has 1 aliphatic heterocycles. The minimum atomic E-state index is 0. The molecule has 0 atom stereocenters. The van der Waals surface area contributed by atoms with Gasteiger partial charge in [0.1, 0.15) is 0 Å². The number of hydrogen-bond donors (Lipinski definition) is 0. The summed E-state index contributed by atoms with van der Waals surface area (Å²) in [5.41, 5.74) is 0. The molecule has 0 aromatic rings. The molecule has 1 saturated heterocycles. The molecule has 0 aromatic carbocycles. The van der Waals surface area contributed by atoms with Gasteiger partial charge in [0.2, 0.25) is 0 Å². The highest BCUT2D eigenvalue weighted by atomic mass is 16.7. The number of nitrogens with zero attached hydrogens (tertiary/aromatic N) is 1. The first-order valence-corrected chi connectivity index (χ1v) is 7.31. The SMILES string of the molecule is CCCCCCCCCCCCN1CCO1.O. The Labute approximate surface area is 107 Å². The van der Waals surface area contributed by atoms with Crippen molar-refractivity contribution in [3.63, 3.8) is 0 Å². The Bertz CT molecular complexity index is 149. The molecule has 0 aromatic heterocycles. The van der Waals surface area contributed by atoms with Crippen molar-refractivity contribution < 1.29 is 10.3 Å². The van der Waals surface area contributed by atoms with Crippen LogP contribution in [0.25, 0.3) is 0 Å². The molecule has 17 heavy (non-hydrogen) atoms. The third-order valence-corrected chi connectivity index (χ3v) is 3.38. The second-order valence-electron chi connectivity index (χ2n) is 4.94. The van der Waals surface area contributed by atoms with E-state index in [0.717, 1.165) is 19.7 Å². The summed E-state index contributed by atoms with van der Waals surface area (Å²) >= 11 is 0. The Kier molecular flexibility index (Phi) is 12.3. The van der Waals surface area contributed by atoms with Crippen molar-refractivity contribution in [1.29, 1.82) is 0 Å². The van der Waals surface area contributed by atoms with Gasteiger partial charge in [0.15, 0.2) is 0 Å². The summed E-state index contributed by atoms with van der Waals surface area (Å²) in [4.78, 5) is 5.25. The highest BCUT2D eigenvalue weighted by molar-refractivity contribution is 4.54. The van der Waals surface area contributed by atoms with Crippen molar-refractivity contribution in [1.82, 2.24) is 5.06 Å². The Morgan fingerprint density at radius 1 is 0.824 bits per heavy atom. The lowest BCUT2D eigenvalue weighted by Crippen LogP contribution is -2.39. The molecule has 1 fully saturated rings. The molecular formula is C14H31NO2. The monoisotopic (exact) mass is 245 g/mol. The van der Waals surface area contributed by atoms with Crippen LogP contribution in [0, 0.1) is 0 Å². The number of rotatable bonds is 11. The molecule has 3 heteroatoms. The van der Waals surface area contributed by atoms with E-state index in [0.29, 0.717) is 0 Å². The average molecular weight is 245 g/mol. The molecule has 2 N–H and O–H groups in total. The highest BCUT2D eigenvalue weighted by Gasteiger charge is 2.12. The van der Waals surface area contributed by atoms with Gasteiger partial charge in [0, 0.05) is 13.1 Å². The summed E-state index contributed by atoms with van der Waals surface area (Å²) in [6.07, 6.45) is 14.1. The summed E-state index contributed by atoms with van der Waals surface area (Å²) in [5, 5.41) is 2.09. The summed E-state index contributed by atoms with van der Waals surface area (Å²) in [7, 11) is 0. The summed E-state index contributed by atoms with van der Waals surface area (Å²) in [6, 6.07) is 0. The first-order valence-electron chi connectivity index (χ1n) is 7.31. The number of unbranched alkanes of at least 4 members (excludes halogenated alkanes) is 9. The average Bonchev–Trinajstić information content (AvgIpc) is 2.23. The Balaban J connectivity index is 0.00000256. The molecular weight excluding hydrogens is 214 g/mol. The van der Waals surface area contributed by atoms with Crippen LogP contribution in [0.1, 0.15) is 71.1 Å². The lowest BCUT2D eigenvalue weighted by molar-refractivity contribution is -0.246. The minimum Gasteiger partial charge on any atom is -0.412 e. The topological polar surface area (TPSA) is 44.0 Å². The van der Waals surface area contributed by atoms with Gasteiger partial charge in [-0.2, -0.15) is 5.06 Å². The van der Waals surface area contributed by atoms with Gasteiger partial charge in [-0.05, 0) is 6.42 Å². The maximum Gasteiger partial charge on any atom is 0.0835 e. The highest BCUT2D eigenvalue weighted by Crippen LogP contribution is 2.11. The van der Waals surface area contributed by atoms with Gasteiger partial charge in [0.25, 0.3) is 0 Å². The molecule has 104 valence electrons. The van der Waals surface area contributed by atoms with Crippen molar-refractivity contribution in [2.75, 3.05) is 19.7 Å². The van der Waals surface area contributed by atoms with Crippen molar-refractivity contribution in [3.8, 4) is 0 Å². The van der Waals surface area contributed by atoms with Crippen LogP contribution in [0.4, 0.5) is 0 Å². The fraction of sp³-hybridized carbons (Fsp3) is 1.00. The molecule has 1 heterocycles. The Morgan fingerprint density at radius 3 is 1.71 bits per heavy atom. The molecule has 0 unspecified atom stereocenters. The van der Waals surface area contributed by atoms with E-state index in [1.54, 1.807) is 0 Å². The van der Waals surface area contributed by atoms with Gasteiger partial charge < -0.3 is 5.48 Å². The molecule has 0 aliphatic carbocycles. The Morgan fingerprint density at radius 2 is 1.29 bits per heavy atom. The first-order chi connectivity index (χ1) is 7.93.